The molecular weight excluding hydrogens is 438 g/mol. The zero-order chi connectivity index (χ0) is 23.9. The van der Waals surface area contributed by atoms with Crippen LogP contribution in [0.5, 0.6) is 0 Å². The SMILES string of the molecule is Cc1ccc(NCCNc2cc3oc4ccccc4[nH]c3c3c(=O)c4ccccc4c(=O)c23)cc1. The number of benzene rings is 5. The van der Waals surface area contributed by atoms with Crippen molar-refractivity contribution in [3.8, 4) is 0 Å². The Kier molecular flexibility index (Phi) is 4.99. The number of aromatic amines is 1. The van der Waals surface area contributed by atoms with Crippen molar-refractivity contribution >= 4 is 55.1 Å². The second-order valence-corrected chi connectivity index (χ2v) is 8.69. The van der Waals surface area contributed by atoms with Crippen LogP contribution in [0.1, 0.15) is 5.56 Å². The van der Waals surface area contributed by atoms with Crippen LogP contribution >= 0.6 is 0 Å². The van der Waals surface area contributed by atoms with Crippen LogP contribution < -0.4 is 21.5 Å². The first-order chi connectivity index (χ1) is 17.1. The largest absolute Gasteiger partial charge is 0.453 e. The van der Waals surface area contributed by atoms with Gasteiger partial charge < -0.3 is 20.0 Å². The van der Waals surface area contributed by atoms with Gasteiger partial charge in [0.05, 0.1) is 27.5 Å². The Morgan fingerprint density at radius 1 is 0.743 bits per heavy atom. The molecule has 0 fully saturated rings. The van der Waals surface area contributed by atoms with E-state index in [9.17, 15) is 9.59 Å². The third-order valence-corrected chi connectivity index (χ3v) is 6.35. The van der Waals surface area contributed by atoms with E-state index in [1.807, 2.05) is 42.5 Å². The van der Waals surface area contributed by atoms with E-state index in [-0.39, 0.29) is 10.9 Å². The zero-order valence-electron chi connectivity index (χ0n) is 19.1. The van der Waals surface area contributed by atoms with Gasteiger partial charge in [-0.1, -0.05) is 54.1 Å². The Balaban J connectivity index is 1.51. The highest BCUT2D eigenvalue weighted by molar-refractivity contribution is 6.14. The number of rotatable bonds is 5. The van der Waals surface area contributed by atoms with E-state index < -0.39 is 0 Å². The van der Waals surface area contributed by atoms with Gasteiger partial charge in [0.2, 0.25) is 0 Å². The molecule has 0 radical (unpaired) electrons. The number of anilines is 2. The lowest BCUT2D eigenvalue weighted by molar-refractivity contribution is 0.657. The van der Waals surface area contributed by atoms with Crippen LogP contribution in [0.15, 0.2) is 92.9 Å². The van der Waals surface area contributed by atoms with Crippen molar-refractivity contribution in [1.82, 2.24) is 4.98 Å². The predicted octanol–water partition coefficient (Wildman–Crippen LogP) is 5.77. The van der Waals surface area contributed by atoms with Crippen LogP contribution in [0.25, 0.3) is 43.7 Å². The van der Waals surface area contributed by atoms with E-state index in [4.69, 9.17) is 4.42 Å². The van der Waals surface area contributed by atoms with Crippen molar-refractivity contribution in [3.05, 3.63) is 105 Å². The van der Waals surface area contributed by atoms with Crippen molar-refractivity contribution in [2.75, 3.05) is 23.7 Å². The van der Waals surface area contributed by atoms with E-state index in [1.165, 1.54) is 5.56 Å². The highest BCUT2D eigenvalue weighted by Crippen LogP contribution is 2.30. The summed E-state index contributed by atoms with van der Waals surface area (Å²) in [5.41, 5.74) is 4.90. The van der Waals surface area contributed by atoms with Crippen LogP contribution in [0.2, 0.25) is 0 Å². The minimum absolute atomic E-state index is 0.173. The van der Waals surface area contributed by atoms with Gasteiger partial charge in [0, 0.05) is 35.6 Å². The number of H-pyrrole nitrogens is 1. The highest BCUT2D eigenvalue weighted by atomic mass is 16.3. The molecule has 6 nitrogen and oxygen atoms in total. The third kappa shape index (κ3) is 3.60. The molecule has 1 aromatic heterocycles. The fourth-order valence-electron chi connectivity index (χ4n) is 4.60. The van der Waals surface area contributed by atoms with Gasteiger partial charge in [0.15, 0.2) is 22.0 Å². The van der Waals surface area contributed by atoms with Crippen LogP contribution in [-0.2, 0) is 0 Å². The lowest BCUT2D eigenvalue weighted by atomic mass is 9.99. The summed E-state index contributed by atoms with van der Waals surface area (Å²) in [6.45, 7) is 3.23. The smallest absolute Gasteiger partial charge is 0.196 e. The van der Waals surface area contributed by atoms with E-state index in [0.717, 1.165) is 11.2 Å². The molecule has 0 aliphatic carbocycles. The van der Waals surface area contributed by atoms with Gasteiger partial charge in [-0.15, -0.1) is 0 Å². The number of hydrogen-bond donors (Lipinski definition) is 3. The number of hydrogen-bond acceptors (Lipinski definition) is 5. The van der Waals surface area contributed by atoms with Crippen molar-refractivity contribution in [1.29, 1.82) is 0 Å². The normalized spacial score (nSPS) is 11.5. The molecule has 3 N–H and O–H groups in total. The minimum Gasteiger partial charge on any atom is -0.453 e. The van der Waals surface area contributed by atoms with Gasteiger partial charge in [-0.2, -0.15) is 0 Å². The monoisotopic (exact) mass is 461 g/mol. The molecule has 0 amide bonds. The molecule has 6 heteroatoms. The molecule has 172 valence electrons. The topological polar surface area (TPSA) is 87.1 Å². The summed E-state index contributed by atoms with van der Waals surface area (Å²) in [7, 11) is 0. The molecule has 0 atom stereocenters. The molecule has 6 rings (SSSR count). The van der Waals surface area contributed by atoms with Crippen molar-refractivity contribution in [2.24, 2.45) is 0 Å². The molecule has 0 bridgehead atoms. The molecular formula is C29H23N3O3. The number of nitrogens with one attached hydrogen (secondary N) is 3. The summed E-state index contributed by atoms with van der Waals surface area (Å²) in [5.74, 6) is 0. The molecule has 6 aromatic rings. The number of aryl methyl sites for hydroxylation is 1. The Hall–Kier alpha value is -4.58. The zero-order valence-corrected chi connectivity index (χ0v) is 19.1. The fourth-order valence-corrected chi connectivity index (χ4v) is 4.60. The van der Waals surface area contributed by atoms with Gasteiger partial charge >= 0.3 is 0 Å². The number of para-hydroxylation sites is 2. The first-order valence-electron chi connectivity index (χ1n) is 11.6. The summed E-state index contributed by atoms with van der Waals surface area (Å²) >= 11 is 0. The standard InChI is InChI=1S/C29H23N3O3/c1-17-10-12-18(13-11-17)30-14-15-31-22-16-24-27(32-21-8-4-5-9-23(21)35-24)26-25(22)28(33)19-6-2-3-7-20(19)29(26)34/h2-13,16,30-32H,14-15H2,1H3. The summed E-state index contributed by atoms with van der Waals surface area (Å²) in [5, 5.41) is 8.29. The lowest BCUT2D eigenvalue weighted by Gasteiger charge is -2.14. The van der Waals surface area contributed by atoms with Crippen molar-refractivity contribution in [2.45, 2.75) is 6.92 Å². The Morgan fingerprint density at radius 2 is 1.40 bits per heavy atom. The quantitative estimate of drug-likeness (QED) is 0.172. The molecule has 0 spiro atoms. The van der Waals surface area contributed by atoms with E-state index in [1.54, 1.807) is 24.3 Å². The second-order valence-electron chi connectivity index (χ2n) is 8.69. The molecule has 0 aliphatic heterocycles. The Labute approximate surface area is 200 Å². The Bertz CT molecular complexity index is 1850. The van der Waals surface area contributed by atoms with Gasteiger partial charge in [-0.3, -0.25) is 9.59 Å². The summed E-state index contributed by atoms with van der Waals surface area (Å²) in [6.07, 6.45) is 0. The van der Waals surface area contributed by atoms with Crippen LogP contribution in [-0.4, -0.2) is 18.1 Å². The van der Waals surface area contributed by atoms with Crippen LogP contribution in [0, 0.1) is 6.92 Å². The average Bonchev–Trinajstić information content (AvgIpc) is 2.89. The number of fused-ring (bicyclic) bond motifs is 5. The highest BCUT2D eigenvalue weighted by Gasteiger charge is 2.18. The fraction of sp³-hybridized carbons (Fsp3) is 0.103. The first-order valence-corrected chi connectivity index (χ1v) is 11.6. The molecule has 35 heavy (non-hydrogen) atoms. The van der Waals surface area contributed by atoms with Crippen molar-refractivity contribution < 1.29 is 4.42 Å². The Morgan fingerprint density at radius 3 is 2.17 bits per heavy atom. The van der Waals surface area contributed by atoms with E-state index in [0.29, 0.717) is 57.0 Å². The summed E-state index contributed by atoms with van der Waals surface area (Å²) in [4.78, 5) is 30.6. The maximum Gasteiger partial charge on any atom is 0.196 e. The van der Waals surface area contributed by atoms with E-state index in [2.05, 4.69) is 34.7 Å². The molecule has 0 saturated heterocycles. The molecule has 0 unspecified atom stereocenters. The number of aromatic nitrogens is 1. The maximum atomic E-state index is 13.6. The van der Waals surface area contributed by atoms with Crippen LogP contribution in [0.3, 0.4) is 0 Å². The van der Waals surface area contributed by atoms with E-state index >= 15 is 0 Å². The molecule has 5 aromatic carbocycles. The predicted molar refractivity (Wildman–Crippen MR) is 144 cm³/mol. The lowest BCUT2D eigenvalue weighted by Crippen LogP contribution is -2.18. The second kappa shape index (κ2) is 8.33. The third-order valence-electron chi connectivity index (χ3n) is 6.35. The van der Waals surface area contributed by atoms with Gasteiger partial charge in [0.25, 0.3) is 0 Å². The van der Waals surface area contributed by atoms with Gasteiger partial charge in [-0.25, -0.2) is 0 Å². The first kappa shape index (κ1) is 21.0. The molecule has 0 saturated carbocycles. The van der Waals surface area contributed by atoms with Gasteiger partial charge in [-0.05, 0) is 31.2 Å². The summed E-state index contributed by atoms with van der Waals surface area (Å²) in [6, 6.07) is 24.5. The summed E-state index contributed by atoms with van der Waals surface area (Å²) < 4.78 is 6.16. The molecule has 1 heterocycles. The van der Waals surface area contributed by atoms with Crippen LogP contribution in [0.4, 0.5) is 11.4 Å². The van der Waals surface area contributed by atoms with Gasteiger partial charge in [0.1, 0.15) is 0 Å². The molecule has 0 aliphatic rings. The average molecular weight is 462 g/mol. The minimum atomic E-state index is -0.191. The van der Waals surface area contributed by atoms with Crippen molar-refractivity contribution in [3.63, 3.8) is 0 Å². The maximum absolute atomic E-state index is 13.6.